The predicted molar refractivity (Wildman–Crippen MR) is 59.3 cm³/mol. The van der Waals surface area contributed by atoms with Gasteiger partial charge in [-0.1, -0.05) is 37.0 Å². The third-order valence-corrected chi connectivity index (χ3v) is 4.33. The lowest BCUT2D eigenvalue weighted by Gasteiger charge is -2.28. The Hall–Kier alpha value is -0.200. The second-order valence-electron chi connectivity index (χ2n) is 4.91. The van der Waals surface area contributed by atoms with E-state index in [4.69, 9.17) is 23.2 Å². The Kier molecular flexibility index (Phi) is 3.89. The third-order valence-electron chi connectivity index (χ3n) is 3.46. The molecule has 0 saturated heterocycles. The normalized spacial score (nSPS) is 28.7. The fourth-order valence-corrected chi connectivity index (χ4v) is 2.51. The maximum Gasteiger partial charge on any atom is 0.424 e. The molecular formula is C10H13Cl2F3O3. The number of rotatable bonds is 3. The van der Waals surface area contributed by atoms with Gasteiger partial charge in [-0.3, -0.25) is 4.79 Å². The van der Waals surface area contributed by atoms with Gasteiger partial charge in [0.05, 0.1) is 13.0 Å². The van der Waals surface area contributed by atoms with Crippen molar-refractivity contribution in [2.24, 2.45) is 17.3 Å². The fraction of sp³-hybridized carbons (Fsp3) is 0.900. The molecule has 1 fully saturated rings. The zero-order valence-electron chi connectivity index (χ0n) is 9.89. The van der Waals surface area contributed by atoms with Crippen LogP contribution in [0.15, 0.2) is 0 Å². The average Bonchev–Trinajstić information content (AvgIpc) is 2.77. The molecule has 1 saturated carbocycles. The first kappa shape index (κ1) is 15.9. The van der Waals surface area contributed by atoms with E-state index >= 15 is 0 Å². The summed E-state index contributed by atoms with van der Waals surface area (Å²) < 4.78 is 38.9. The summed E-state index contributed by atoms with van der Waals surface area (Å²) in [6, 6.07) is 0. The SMILES string of the molecule is COC(=O)C1C(C(O)C(Cl)(Cl)C(F)(F)F)C1(C)C. The third kappa shape index (κ3) is 2.30. The van der Waals surface area contributed by atoms with Gasteiger partial charge in [0.2, 0.25) is 4.33 Å². The average molecular weight is 309 g/mol. The summed E-state index contributed by atoms with van der Waals surface area (Å²) in [5.41, 5.74) is -0.840. The number of methoxy groups -OCH3 is 1. The number of esters is 1. The molecule has 106 valence electrons. The van der Waals surface area contributed by atoms with Crippen LogP contribution in [0.1, 0.15) is 13.8 Å². The summed E-state index contributed by atoms with van der Waals surface area (Å²) in [5.74, 6) is -2.53. The first-order chi connectivity index (χ1) is 7.89. The van der Waals surface area contributed by atoms with Crippen LogP contribution in [0.4, 0.5) is 13.2 Å². The van der Waals surface area contributed by atoms with Crippen molar-refractivity contribution in [1.29, 1.82) is 0 Å². The minimum atomic E-state index is -4.99. The highest BCUT2D eigenvalue weighted by molar-refractivity contribution is 6.49. The highest BCUT2D eigenvalue weighted by Gasteiger charge is 2.72. The zero-order chi connectivity index (χ0) is 14.5. The van der Waals surface area contributed by atoms with Gasteiger partial charge in [-0.15, -0.1) is 0 Å². The number of carbonyl (C=O) groups is 1. The molecule has 18 heavy (non-hydrogen) atoms. The van der Waals surface area contributed by atoms with Crippen molar-refractivity contribution in [2.75, 3.05) is 7.11 Å². The Bertz CT molecular complexity index is 355. The van der Waals surface area contributed by atoms with Crippen LogP contribution >= 0.6 is 23.2 Å². The Morgan fingerprint density at radius 3 is 2.17 bits per heavy atom. The van der Waals surface area contributed by atoms with Gasteiger partial charge in [-0.05, 0) is 5.41 Å². The first-order valence-corrected chi connectivity index (χ1v) is 5.85. The summed E-state index contributed by atoms with van der Waals surface area (Å²) in [6.07, 6.45) is -7.09. The van der Waals surface area contributed by atoms with E-state index in [1.165, 1.54) is 0 Å². The van der Waals surface area contributed by atoms with E-state index in [0.717, 1.165) is 7.11 Å². The molecule has 0 aromatic rings. The minimum absolute atomic E-state index is 0.685. The lowest BCUT2D eigenvalue weighted by molar-refractivity contribution is -0.166. The number of aliphatic hydroxyl groups is 1. The zero-order valence-corrected chi connectivity index (χ0v) is 11.4. The van der Waals surface area contributed by atoms with Crippen molar-refractivity contribution in [2.45, 2.75) is 30.5 Å². The number of ether oxygens (including phenoxy) is 1. The monoisotopic (exact) mass is 308 g/mol. The summed E-state index contributed by atoms with van der Waals surface area (Å²) in [6.45, 7) is 3.09. The van der Waals surface area contributed by atoms with Gasteiger partial charge in [-0.25, -0.2) is 0 Å². The predicted octanol–water partition coefficient (Wildman–Crippen LogP) is 2.53. The van der Waals surface area contributed by atoms with E-state index in [9.17, 15) is 23.1 Å². The van der Waals surface area contributed by atoms with Gasteiger partial charge >= 0.3 is 12.1 Å². The van der Waals surface area contributed by atoms with Crippen molar-refractivity contribution in [3.63, 3.8) is 0 Å². The Balaban J connectivity index is 2.94. The molecule has 3 atom stereocenters. The molecular weight excluding hydrogens is 296 g/mol. The maximum absolute atomic E-state index is 12.6. The molecule has 3 nitrogen and oxygen atoms in total. The smallest absolute Gasteiger partial charge is 0.424 e. The number of carbonyl (C=O) groups excluding carboxylic acids is 1. The summed E-state index contributed by atoms with van der Waals surface area (Å²) in [7, 11) is 1.12. The van der Waals surface area contributed by atoms with Gasteiger partial charge in [0.25, 0.3) is 0 Å². The van der Waals surface area contributed by atoms with Gasteiger partial charge in [0.15, 0.2) is 0 Å². The van der Waals surface area contributed by atoms with E-state index in [1.54, 1.807) is 13.8 Å². The summed E-state index contributed by atoms with van der Waals surface area (Å²) in [4.78, 5) is 11.4. The summed E-state index contributed by atoms with van der Waals surface area (Å²) >= 11 is 10.4. The van der Waals surface area contributed by atoms with Crippen LogP contribution < -0.4 is 0 Å². The van der Waals surface area contributed by atoms with Crippen LogP contribution in [0.2, 0.25) is 0 Å². The van der Waals surface area contributed by atoms with Crippen LogP contribution in [0.5, 0.6) is 0 Å². The number of hydrogen-bond donors (Lipinski definition) is 1. The number of aliphatic hydroxyl groups excluding tert-OH is 1. The number of halogens is 5. The highest BCUT2D eigenvalue weighted by atomic mass is 35.5. The Labute approximate surface area is 112 Å². The van der Waals surface area contributed by atoms with Gasteiger partial charge < -0.3 is 9.84 Å². The minimum Gasteiger partial charge on any atom is -0.469 e. The molecule has 0 aromatic heterocycles. The maximum atomic E-state index is 12.6. The van der Waals surface area contributed by atoms with Crippen LogP contribution in [0.25, 0.3) is 0 Å². The lowest BCUT2D eigenvalue weighted by atomic mass is 10.0. The molecule has 0 aliphatic heterocycles. The fourth-order valence-electron chi connectivity index (χ4n) is 2.24. The molecule has 0 spiro atoms. The van der Waals surface area contributed by atoms with Crippen LogP contribution in [-0.4, -0.2) is 34.8 Å². The molecule has 0 aromatic carbocycles. The molecule has 0 amide bonds. The highest BCUT2D eigenvalue weighted by Crippen LogP contribution is 2.64. The van der Waals surface area contributed by atoms with E-state index in [-0.39, 0.29) is 0 Å². The van der Waals surface area contributed by atoms with E-state index in [0.29, 0.717) is 0 Å². The van der Waals surface area contributed by atoms with Crippen LogP contribution in [-0.2, 0) is 9.53 Å². The second kappa shape index (κ2) is 4.42. The number of hydrogen-bond acceptors (Lipinski definition) is 3. The molecule has 1 N–H and O–H groups in total. The molecule has 8 heteroatoms. The van der Waals surface area contributed by atoms with Gasteiger partial charge in [0, 0.05) is 5.92 Å². The largest absolute Gasteiger partial charge is 0.469 e. The standard InChI is InChI=1S/C10H13Cl2F3O3/c1-8(2)4(5(8)7(17)18-3)6(16)9(11,12)10(13,14)15/h4-6,16H,1-3H3. The van der Waals surface area contributed by atoms with Crippen molar-refractivity contribution in [3.05, 3.63) is 0 Å². The molecule has 0 heterocycles. The van der Waals surface area contributed by atoms with E-state index in [1.807, 2.05) is 0 Å². The molecule has 1 rings (SSSR count). The van der Waals surface area contributed by atoms with E-state index < -0.39 is 39.8 Å². The lowest BCUT2D eigenvalue weighted by Crippen LogP contribution is -2.47. The van der Waals surface area contributed by atoms with Gasteiger partial charge in [0.1, 0.15) is 6.10 Å². The molecule has 0 bridgehead atoms. The summed E-state index contributed by atoms with van der Waals surface area (Å²) in [5, 5.41) is 9.71. The van der Waals surface area contributed by atoms with Crippen molar-refractivity contribution >= 4 is 29.2 Å². The first-order valence-electron chi connectivity index (χ1n) is 5.09. The molecule has 0 radical (unpaired) electrons. The van der Waals surface area contributed by atoms with Crippen molar-refractivity contribution in [3.8, 4) is 0 Å². The van der Waals surface area contributed by atoms with Gasteiger partial charge in [-0.2, -0.15) is 13.2 Å². The van der Waals surface area contributed by atoms with E-state index in [2.05, 4.69) is 4.74 Å². The molecule has 1 aliphatic rings. The van der Waals surface area contributed by atoms with Crippen LogP contribution in [0.3, 0.4) is 0 Å². The Morgan fingerprint density at radius 2 is 1.83 bits per heavy atom. The quantitative estimate of drug-likeness (QED) is 0.644. The van der Waals surface area contributed by atoms with Crippen LogP contribution in [0, 0.1) is 17.3 Å². The van der Waals surface area contributed by atoms with Crippen molar-refractivity contribution < 1.29 is 27.8 Å². The topological polar surface area (TPSA) is 46.5 Å². The van der Waals surface area contributed by atoms with Crippen molar-refractivity contribution in [1.82, 2.24) is 0 Å². The number of alkyl halides is 5. The Morgan fingerprint density at radius 1 is 1.39 bits per heavy atom. The molecule has 1 aliphatic carbocycles. The molecule has 3 unspecified atom stereocenters. The second-order valence-corrected chi connectivity index (χ2v) is 6.30.